The Balaban J connectivity index is 2.34. The molecule has 98 valence electrons. The number of Topliss-reactive ketones (excluding diaryl/α,β-unsaturated/α-hetero) is 1. The van der Waals surface area contributed by atoms with Crippen LogP contribution < -0.4 is 0 Å². The van der Waals surface area contributed by atoms with E-state index >= 15 is 0 Å². The average Bonchev–Trinajstić information content (AvgIpc) is 2.78. The van der Waals surface area contributed by atoms with Crippen molar-refractivity contribution in [3.05, 3.63) is 78.7 Å². The van der Waals surface area contributed by atoms with Gasteiger partial charge in [-0.25, -0.2) is 0 Å². The smallest absolute Gasteiger partial charge is 0.282 e. The molecular formula is C13H6N2O5. The van der Waals surface area contributed by atoms with Crippen molar-refractivity contribution in [1.29, 1.82) is 0 Å². The summed E-state index contributed by atoms with van der Waals surface area (Å²) in [6.07, 6.45) is 2.18. The lowest BCUT2D eigenvalue weighted by Crippen LogP contribution is -2.20. The number of carbonyl (C=O) groups is 1. The summed E-state index contributed by atoms with van der Waals surface area (Å²) in [5.41, 5.74) is 0.143. The molecule has 0 heterocycles. The molecule has 0 saturated heterocycles. The third kappa shape index (κ3) is 1.50. The molecule has 7 heteroatoms. The second kappa shape index (κ2) is 3.95. The molecule has 3 rings (SSSR count). The first-order valence-electron chi connectivity index (χ1n) is 5.61. The summed E-state index contributed by atoms with van der Waals surface area (Å²) in [7, 11) is 0. The van der Waals surface area contributed by atoms with Crippen molar-refractivity contribution in [2.45, 2.75) is 0 Å². The van der Waals surface area contributed by atoms with Crippen LogP contribution >= 0.6 is 0 Å². The maximum absolute atomic E-state index is 12.1. The van der Waals surface area contributed by atoms with Crippen molar-refractivity contribution in [2.24, 2.45) is 0 Å². The van der Waals surface area contributed by atoms with Gasteiger partial charge in [0, 0.05) is 5.57 Å². The molecule has 0 amide bonds. The number of allylic oxidation sites excluding steroid dienone is 3. The number of hydrogen-bond acceptors (Lipinski definition) is 5. The zero-order valence-corrected chi connectivity index (χ0v) is 9.90. The molecule has 2 aliphatic rings. The number of ketones is 1. The van der Waals surface area contributed by atoms with E-state index in [2.05, 4.69) is 0 Å². The number of benzene rings is 1. The second-order valence-electron chi connectivity index (χ2n) is 4.28. The summed E-state index contributed by atoms with van der Waals surface area (Å²) < 4.78 is 0. The van der Waals surface area contributed by atoms with E-state index in [9.17, 15) is 25.0 Å². The average molecular weight is 270 g/mol. The van der Waals surface area contributed by atoms with Gasteiger partial charge in [0.15, 0.2) is 0 Å². The van der Waals surface area contributed by atoms with Gasteiger partial charge in [-0.3, -0.25) is 25.0 Å². The summed E-state index contributed by atoms with van der Waals surface area (Å²) in [4.78, 5) is 32.4. The Labute approximate surface area is 111 Å². The number of fused-ring (bicyclic) bond motifs is 3. The largest absolute Gasteiger partial charge is 0.323 e. The van der Waals surface area contributed by atoms with Gasteiger partial charge in [0.1, 0.15) is 0 Å². The molecule has 0 bridgehead atoms. The summed E-state index contributed by atoms with van der Waals surface area (Å²) >= 11 is 0. The van der Waals surface area contributed by atoms with Crippen molar-refractivity contribution in [2.75, 3.05) is 0 Å². The van der Waals surface area contributed by atoms with Gasteiger partial charge in [-0.05, 0) is 17.2 Å². The van der Waals surface area contributed by atoms with Gasteiger partial charge < -0.3 is 0 Å². The van der Waals surface area contributed by atoms with Crippen LogP contribution in [0.2, 0.25) is 0 Å². The lowest BCUT2D eigenvalue weighted by atomic mass is 9.92. The van der Waals surface area contributed by atoms with E-state index in [1.54, 1.807) is 24.3 Å². The third-order valence-corrected chi connectivity index (χ3v) is 3.20. The maximum Gasteiger partial charge on any atom is 0.323 e. The Morgan fingerprint density at radius 1 is 0.950 bits per heavy atom. The van der Waals surface area contributed by atoms with Crippen LogP contribution in [0.15, 0.2) is 47.3 Å². The molecule has 0 radical (unpaired) electrons. The minimum absolute atomic E-state index is 0.00657. The monoisotopic (exact) mass is 270 g/mol. The highest BCUT2D eigenvalue weighted by molar-refractivity contribution is 6.25. The van der Waals surface area contributed by atoms with Gasteiger partial charge in [0.2, 0.25) is 0 Å². The Kier molecular flexibility index (Phi) is 2.37. The minimum Gasteiger partial charge on any atom is -0.282 e. The van der Waals surface area contributed by atoms with Crippen LogP contribution in [0, 0.1) is 20.2 Å². The third-order valence-electron chi connectivity index (χ3n) is 3.20. The maximum atomic E-state index is 12.1. The Morgan fingerprint density at radius 3 is 2.30 bits per heavy atom. The van der Waals surface area contributed by atoms with Crippen molar-refractivity contribution in [1.82, 2.24) is 0 Å². The van der Waals surface area contributed by atoms with Crippen LogP contribution in [-0.4, -0.2) is 15.6 Å². The molecule has 0 atom stereocenters. The molecule has 1 aromatic rings. The van der Waals surface area contributed by atoms with E-state index in [4.69, 9.17) is 0 Å². The van der Waals surface area contributed by atoms with Gasteiger partial charge in [-0.15, -0.1) is 0 Å². The second-order valence-corrected chi connectivity index (χ2v) is 4.28. The first-order valence-corrected chi connectivity index (χ1v) is 5.61. The first-order chi connectivity index (χ1) is 9.50. The Hall–Kier alpha value is -3.09. The molecule has 0 aliphatic heterocycles. The van der Waals surface area contributed by atoms with Gasteiger partial charge in [0.05, 0.1) is 21.5 Å². The summed E-state index contributed by atoms with van der Waals surface area (Å²) in [5, 5.41) is 22.0. The predicted octanol–water partition coefficient (Wildman–Crippen LogP) is 1.81. The van der Waals surface area contributed by atoms with E-state index in [1.807, 2.05) is 0 Å². The fourth-order valence-electron chi connectivity index (χ4n) is 2.36. The summed E-state index contributed by atoms with van der Waals surface area (Å²) in [6, 6.07) is 6.77. The van der Waals surface area contributed by atoms with Gasteiger partial charge in [-0.1, -0.05) is 24.3 Å². The molecule has 2 aliphatic carbocycles. The van der Waals surface area contributed by atoms with Gasteiger partial charge in [0.25, 0.3) is 11.5 Å². The van der Waals surface area contributed by atoms with Crippen LogP contribution in [-0.2, 0) is 4.79 Å². The summed E-state index contributed by atoms with van der Waals surface area (Å²) in [5.74, 6) is -0.799. The molecule has 1 aromatic carbocycles. The van der Waals surface area contributed by atoms with Crippen molar-refractivity contribution >= 4 is 17.4 Å². The molecular weight excluding hydrogens is 264 g/mol. The molecule has 0 spiro atoms. The fraction of sp³-hybridized carbons (Fsp3) is 0. The molecule has 0 unspecified atom stereocenters. The van der Waals surface area contributed by atoms with Crippen LogP contribution in [0.1, 0.15) is 11.1 Å². The van der Waals surface area contributed by atoms with Crippen molar-refractivity contribution < 1.29 is 14.6 Å². The van der Waals surface area contributed by atoms with E-state index in [1.165, 1.54) is 6.08 Å². The van der Waals surface area contributed by atoms with Gasteiger partial charge in [-0.2, -0.15) is 0 Å². The number of hydrogen-bond donors (Lipinski definition) is 0. The lowest BCUT2D eigenvalue weighted by Gasteiger charge is -2.09. The van der Waals surface area contributed by atoms with Crippen LogP contribution in [0.5, 0.6) is 0 Å². The minimum atomic E-state index is -0.896. The molecule has 7 nitrogen and oxygen atoms in total. The van der Waals surface area contributed by atoms with E-state index in [0.717, 1.165) is 6.08 Å². The molecule has 20 heavy (non-hydrogen) atoms. The Bertz CT molecular complexity index is 786. The predicted molar refractivity (Wildman–Crippen MR) is 68.4 cm³/mol. The zero-order valence-electron chi connectivity index (χ0n) is 9.90. The fourth-order valence-corrected chi connectivity index (χ4v) is 2.36. The van der Waals surface area contributed by atoms with Crippen molar-refractivity contribution in [3.63, 3.8) is 0 Å². The highest BCUT2D eigenvalue weighted by Gasteiger charge is 2.41. The molecule has 0 aromatic heterocycles. The highest BCUT2D eigenvalue weighted by atomic mass is 16.6. The number of carbonyl (C=O) groups excluding carboxylic acids is 1. The van der Waals surface area contributed by atoms with Crippen LogP contribution in [0.25, 0.3) is 11.6 Å². The van der Waals surface area contributed by atoms with Gasteiger partial charge >= 0.3 is 5.70 Å². The molecule has 0 fully saturated rings. The van der Waals surface area contributed by atoms with E-state index in [-0.39, 0.29) is 11.1 Å². The van der Waals surface area contributed by atoms with E-state index in [0.29, 0.717) is 11.1 Å². The lowest BCUT2D eigenvalue weighted by molar-refractivity contribution is -0.430. The topological polar surface area (TPSA) is 103 Å². The van der Waals surface area contributed by atoms with Crippen molar-refractivity contribution in [3.8, 4) is 0 Å². The molecule has 0 N–H and O–H groups in total. The van der Waals surface area contributed by atoms with E-state index < -0.39 is 27.0 Å². The number of nitro groups is 2. The number of nitrogens with zero attached hydrogens (tertiary/aromatic N) is 2. The zero-order chi connectivity index (χ0) is 14.4. The standard InChI is InChI=1S/C13H6N2O5/c16-13-9-5-7-3-1-2-4-8(7)12(9)10(14(17)18)6-11(13)15(19)20/h1-6H. The van der Waals surface area contributed by atoms with Crippen LogP contribution in [0.4, 0.5) is 0 Å². The Morgan fingerprint density at radius 2 is 1.65 bits per heavy atom. The number of rotatable bonds is 2. The van der Waals surface area contributed by atoms with Crippen LogP contribution in [0.3, 0.4) is 0 Å². The first kappa shape index (κ1) is 12.0. The SMILES string of the molecule is O=C1C2=Cc3ccccc3C2=C([N+](=O)[O-])C=C1[N+](=O)[O-]. The quantitative estimate of drug-likeness (QED) is 0.602. The highest BCUT2D eigenvalue weighted by Crippen LogP contribution is 2.42. The summed E-state index contributed by atoms with van der Waals surface area (Å²) in [6.45, 7) is 0. The molecule has 0 saturated carbocycles. The normalized spacial score (nSPS) is 16.3.